The molecular weight excluding hydrogens is 460 g/mol. The second-order valence-corrected chi connectivity index (χ2v) is 10.1. The zero-order valence-corrected chi connectivity index (χ0v) is 22.3. The zero-order chi connectivity index (χ0) is 26.1. The first-order valence-electron chi connectivity index (χ1n) is 13.0. The van der Waals surface area contributed by atoms with Crippen LogP contribution in [-0.4, -0.2) is 36.1 Å². The Morgan fingerprint density at radius 1 is 1.00 bits per heavy atom. The standard InChI is InChI=1S/C31H34N4O2/c1-20(2)25-18-26(21(3)17-29(25)37-5)30-33-27-11-7-6-10-24(27)31(36)35(30)32-19-23-12-13-28(22(4)16-23)34-14-8-9-15-34/h6-7,10-13,16-20H,8-9,14-15H2,1-5H3. The molecule has 1 fully saturated rings. The highest BCUT2D eigenvalue weighted by molar-refractivity contribution is 5.83. The van der Waals surface area contributed by atoms with Crippen LogP contribution in [0.15, 0.2) is 64.5 Å². The van der Waals surface area contributed by atoms with Crippen molar-refractivity contribution in [3.63, 3.8) is 0 Å². The quantitative estimate of drug-likeness (QED) is 0.295. The zero-order valence-electron chi connectivity index (χ0n) is 22.3. The van der Waals surface area contributed by atoms with E-state index in [1.54, 1.807) is 19.4 Å². The van der Waals surface area contributed by atoms with Crippen molar-refractivity contribution < 1.29 is 4.74 Å². The molecule has 1 aliphatic rings. The molecule has 0 saturated carbocycles. The fourth-order valence-corrected chi connectivity index (χ4v) is 5.17. The van der Waals surface area contributed by atoms with Gasteiger partial charge < -0.3 is 9.64 Å². The van der Waals surface area contributed by atoms with Gasteiger partial charge in [0.05, 0.1) is 24.2 Å². The van der Waals surface area contributed by atoms with Crippen molar-refractivity contribution in [3.05, 3.63) is 87.2 Å². The Morgan fingerprint density at radius 2 is 1.76 bits per heavy atom. The maximum atomic E-state index is 13.7. The number of para-hydroxylation sites is 1. The molecule has 0 amide bonds. The largest absolute Gasteiger partial charge is 0.496 e. The minimum atomic E-state index is -0.191. The molecule has 0 aliphatic carbocycles. The maximum absolute atomic E-state index is 13.7. The summed E-state index contributed by atoms with van der Waals surface area (Å²) in [6.07, 6.45) is 4.24. The lowest BCUT2D eigenvalue weighted by atomic mass is 9.96. The first kappa shape index (κ1) is 24.8. The summed E-state index contributed by atoms with van der Waals surface area (Å²) in [5.74, 6) is 1.60. The van der Waals surface area contributed by atoms with Gasteiger partial charge >= 0.3 is 0 Å². The second kappa shape index (κ2) is 10.2. The fourth-order valence-electron chi connectivity index (χ4n) is 5.17. The second-order valence-electron chi connectivity index (χ2n) is 10.1. The van der Waals surface area contributed by atoms with Crippen molar-refractivity contribution in [1.29, 1.82) is 0 Å². The summed E-state index contributed by atoms with van der Waals surface area (Å²) in [5.41, 5.74) is 6.79. The summed E-state index contributed by atoms with van der Waals surface area (Å²) in [7, 11) is 1.69. The minimum Gasteiger partial charge on any atom is -0.496 e. The van der Waals surface area contributed by atoms with E-state index in [1.807, 2.05) is 31.2 Å². The van der Waals surface area contributed by atoms with Gasteiger partial charge in [-0.25, -0.2) is 4.98 Å². The van der Waals surface area contributed by atoms with Crippen LogP contribution in [0.3, 0.4) is 0 Å². The number of aryl methyl sites for hydroxylation is 2. The number of hydrogen-bond donors (Lipinski definition) is 0. The monoisotopic (exact) mass is 494 g/mol. The van der Waals surface area contributed by atoms with Crippen molar-refractivity contribution in [2.24, 2.45) is 5.10 Å². The van der Waals surface area contributed by atoms with Crippen molar-refractivity contribution in [3.8, 4) is 17.1 Å². The number of anilines is 1. The molecule has 4 aromatic rings. The lowest BCUT2D eigenvalue weighted by molar-refractivity contribution is 0.407. The van der Waals surface area contributed by atoms with E-state index in [0.29, 0.717) is 16.7 Å². The Labute approximate surface area is 218 Å². The minimum absolute atomic E-state index is 0.191. The Bertz CT molecular complexity index is 1550. The molecule has 0 unspecified atom stereocenters. The third-order valence-electron chi connectivity index (χ3n) is 7.18. The Balaban J connectivity index is 1.65. The summed E-state index contributed by atoms with van der Waals surface area (Å²) >= 11 is 0. The van der Waals surface area contributed by atoms with E-state index < -0.39 is 0 Å². The Hall–Kier alpha value is -3.93. The van der Waals surface area contributed by atoms with Crippen LogP contribution in [-0.2, 0) is 0 Å². The van der Waals surface area contributed by atoms with E-state index in [0.717, 1.165) is 41.1 Å². The first-order chi connectivity index (χ1) is 17.9. The number of nitrogens with zero attached hydrogens (tertiary/aromatic N) is 4. The SMILES string of the molecule is COc1cc(C)c(-c2nc3ccccc3c(=O)n2N=Cc2ccc(N3CCCC3)c(C)c2)cc1C(C)C. The van der Waals surface area contributed by atoms with E-state index in [9.17, 15) is 4.79 Å². The number of methoxy groups -OCH3 is 1. The number of ether oxygens (including phenoxy) is 1. The number of hydrogen-bond acceptors (Lipinski definition) is 5. The van der Waals surface area contributed by atoms with E-state index in [2.05, 4.69) is 49.9 Å². The molecule has 0 spiro atoms. The summed E-state index contributed by atoms with van der Waals surface area (Å²) in [6, 6.07) is 17.9. The highest BCUT2D eigenvalue weighted by Gasteiger charge is 2.19. The van der Waals surface area contributed by atoms with Crippen molar-refractivity contribution in [2.45, 2.75) is 46.5 Å². The predicted molar refractivity (Wildman–Crippen MR) is 152 cm³/mol. The van der Waals surface area contributed by atoms with Gasteiger partial charge in [0.25, 0.3) is 5.56 Å². The van der Waals surface area contributed by atoms with Crippen LogP contribution in [0.25, 0.3) is 22.3 Å². The summed E-state index contributed by atoms with van der Waals surface area (Å²) < 4.78 is 7.08. The normalized spacial score (nSPS) is 13.8. The average Bonchev–Trinajstić information content (AvgIpc) is 3.42. The van der Waals surface area contributed by atoms with Crippen LogP contribution in [0.4, 0.5) is 5.69 Å². The molecule has 0 N–H and O–H groups in total. The van der Waals surface area contributed by atoms with Gasteiger partial charge in [-0.15, -0.1) is 0 Å². The third kappa shape index (κ3) is 4.76. The Morgan fingerprint density at radius 3 is 2.46 bits per heavy atom. The molecule has 0 bridgehead atoms. The maximum Gasteiger partial charge on any atom is 0.282 e. The third-order valence-corrected chi connectivity index (χ3v) is 7.18. The summed E-state index contributed by atoms with van der Waals surface area (Å²) in [5, 5.41) is 5.24. The predicted octanol–water partition coefficient (Wildman–Crippen LogP) is 6.29. The molecule has 0 atom stereocenters. The molecule has 1 aliphatic heterocycles. The van der Waals surface area contributed by atoms with Gasteiger partial charge in [-0.3, -0.25) is 4.79 Å². The van der Waals surface area contributed by atoms with Crippen molar-refractivity contribution in [2.75, 3.05) is 25.1 Å². The lowest BCUT2D eigenvalue weighted by Gasteiger charge is -2.20. The summed E-state index contributed by atoms with van der Waals surface area (Å²) in [6.45, 7) is 10.6. The molecule has 2 heterocycles. The topological polar surface area (TPSA) is 59.7 Å². The molecule has 3 aromatic carbocycles. The number of rotatable bonds is 6. The van der Waals surface area contributed by atoms with Gasteiger partial charge in [-0.1, -0.05) is 32.0 Å². The summed E-state index contributed by atoms with van der Waals surface area (Å²) in [4.78, 5) is 21.0. The highest BCUT2D eigenvalue weighted by Crippen LogP contribution is 2.34. The average molecular weight is 495 g/mol. The van der Waals surface area contributed by atoms with Gasteiger partial charge in [-0.05, 0) is 91.3 Å². The van der Waals surface area contributed by atoms with E-state index in [1.165, 1.54) is 28.8 Å². The van der Waals surface area contributed by atoms with Gasteiger partial charge in [0, 0.05) is 24.3 Å². The molecule has 6 nitrogen and oxygen atoms in total. The van der Waals surface area contributed by atoms with Gasteiger partial charge in [0.1, 0.15) is 5.75 Å². The first-order valence-corrected chi connectivity index (χ1v) is 13.0. The smallest absolute Gasteiger partial charge is 0.282 e. The highest BCUT2D eigenvalue weighted by atomic mass is 16.5. The van der Waals surface area contributed by atoms with Crippen LogP contribution in [0.1, 0.15) is 54.9 Å². The van der Waals surface area contributed by atoms with Crippen LogP contribution >= 0.6 is 0 Å². The molecular formula is C31H34N4O2. The van der Waals surface area contributed by atoms with E-state index in [-0.39, 0.29) is 11.5 Å². The van der Waals surface area contributed by atoms with Gasteiger partial charge in [0.2, 0.25) is 0 Å². The lowest BCUT2D eigenvalue weighted by Crippen LogP contribution is -2.21. The van der Waals surface area contributed by atoms with Crippen LogP contribution in [0.2, 0.25) is 0 Å². The molecule has 6 heteroatoms. The number of benzene rings is 3. The molecule has 37 heavy (non-hydrogen) atoms. The van der Waals surface area contributed by atoms with E-state index >= 15 is 0 Å². The van der Waals surface area contributed by atoms with Crippen LogP contribution in [0, 0.1) is 13.8 Å². The van der Waals surface area contributed by atoms with Gasteiger partial charge in [-0.2, -0.15) is 9.78 Å². The molecule has 0 radical (unpaired) electrons. The molecule has 5 rings (SSSR count). The number of fused-ring (bicyclic) bond motifs is 1. The van der Waals surface area contributed by atoms with Crippen molar-refractivity contribution >= 4 is 22.8 Å². The van der Waals surface area contributed by atoms with E-state index in [4.69, 9.17) is 14.8 Å². The van der Waals surface area contributed by atoms with Crippen LogP contribution < -0.4 is 15.2 Å². The molecule has 1 saturated heterocycles. The molecule has 1 aromatic heterocycles. The number of aromatic nitrogens is 2. The van der Waals surface area contributed by atoms with Crippen molar-refractivity contribution in [1.82, 2.24) is 9.66 Å². The molecule has 190 valence electrons. The fraction of sp³-hybridized carbons (Fsp3) is 0.323. The van der Waals surface area contributed by atoms with Gasteiger partial charge in [0.15, 0.2) is 5.82 Å². The Kier molecular flexibility index (Phi) is 6.83. The van der Waals surface area contributed by atoms with Crippen LogP contribution in [0.5, 0.6) is 5.75 Å².